The fourth-order valence-electron chi connectivity index (χ4n) is 2.98. The molecule has 0 aliphatic heterocycles. The van der Waals surface area contributed by atoms with Crippen LogP contribution < -0.4 is 5.32 Å². The molecule has 1 saturated carbocycles. The lowest BCUT2D eigenvalue weighted by Gasteiger charge is -2.06. The lowest BCUT2D eigenvalue weighted by atomic mass is 10.1. The minimum Gasteiger partial charge on any atom is -0.481 e. The molecule has 1 aromatic heterocycles. The lowest BCUT2D eigenvalue weighted by Crippen LogP contribution is -2.17. The van der Waals surface area contributed by atoms with Crippen molar-refractivity contribution in [1.29, 1.82) is 0 Å². The Labute approximate surface area is 133 Å². The van der Waals surface area contributed by atoms with E-state index < -0.39 is 23.2 Å². The number of benzene rings is 1. The zero-order chi connectivity index (χ0) is 16.8. The molecule has 120 valence electrons. The predicted octanol–water partition coefficient (Wildman–Crippen LogP) is 1.78. The van der Waals surface area contributed by atoms with Crippen LogP contribution in [0.3, 0.4) is 0 Å². The van der Waals surface area contributed by atoms with Gasteiger partial charge in [0.25, 0.3) is 0 Å². The second-order valence-corrected chi connectivity index (χ2v) is 6.42. The zero-order valence-electron chi connectivity index (χ0n) is 13.1. The lowest BCUT2D eigenvalue weighted by molar-refractivity contribution is -0.140. The summed E-state index contributed by atoms with van der Waals surface area (Å²) in [4.78, 5) is 27.6. The fourth-order valence-corrected chi connectivity index (χ4v) is 2.98. The molecule has 1 amide bonds. The van der Waals surface area contributed by atoms with Gasteiger partial charge >= 0.3 is 5.97 Å². The van der Waals surface area contributed by atoms with Gasteiger partial charge in [-0.2, -0.15) is 5.10 Å². The van der Waals surface area contributed by atoms with Crippen LogP contribution in [0.1, 0.15) is 13.8 Å². The van der Waals surface area contributed by atoms with Crippen molar-refractivity contribution in [2.45, 2.75) is 13.8 Å². The van der Waals surface area contributed by atoms with Crippen LogP contribution in [0.15, 0.2) is 30.6 Å². The van der Waals surface area contributed by atoms with E-state index in [0.717, 1.165) is 5.56 Å². The molecule has 2 N–H and O–H groups in total. The van der Waals surface area contributed by atoms with Crippen molar-refractivity contribution in [1.82, 2.24) is 14.8 Å². The summed E-state index contributed by atoms with van der Waals surface area (Å²) in [5.74, 6) is -1.70. The summed E-state index contributed by atoms with van der Waals surface area (Å²) in [6, 6.07) is 7.15. The average Bonchev–Trinajstić information content (AvgIpc) is 2.83. The van der Waals surface area contributed by atoms with E-state index in [1.165, 1.54) is 0 Å². The third-order valence-electron chi connectivity index (χ3n) is 4.39. The van der Waals surface area contributed by atoms with Crippen molar-refractivity contribution in [3.05, 3.63) is 30.6 Å². The molecule has 0 spiro atoms. The fraction of sp³-hybridized carbons (Fsp3) is 0.375. The molecule has 23 heavy (non-hydrogen) atoms. The van der Waals surface area contributed by atoms with Gasteiger partial charge in [-0.15, -0.1) is 0 Å². The first-order valence-electron chi connectivity index (χ1n) is 7.30. The summed E-state index contributed by atoms with van der Waals surface area (Å²) in [5, 5.41) is 16.1. The van der Waals surface area contributed by atoms with Crippen molar-refractivity contribution >= 4 is 17.6 Å². The van der Waals surface area contributed by atoms with Crippen LogP contribution in [-0.2, 0) is 16.6 Å². The first-order chi connectivity index (χ1) is 10.8. The number of amides is 1. The van der Waals surface area contributed by atoms with E-state index in [1.54, 1.807) is 44.0 Å². The van der Waals surface area contributed by atoms with Crippen LogP contribution in [0.4, 0.5) is 5.69 Å². The number of nitrogens with zero attached hydrogens (tertiary/aromatic N) is 3. The number of carbonyl (C=O) groups is 2. The molecule has 2 aromatic rings. The van der Waals surface area contributed by atoms with Crippen LogP contribution in [0.5, 0.6) is 0 Å². The van der Waals surface area contributed by atoms with Gasteiger partial charge in [-0.05, 0) is 29.7 Å². The van der Waals surface area contributed by atoms with Crippen molar-refractivity contribution in [2.24, 2.45) is 24.3 Å². The largest absolute Gasteiger partial charge is 0.481 e. The third kappa shape index (κ3) is 2.69. The standard InChI is InChI=1S/C16H18N4O3/c1-16(2)11(12(16)15(22)23)14(21)18-10-6-4-9(5-7-10)13-17-8-20(3)19-13/h4-8,11-12H,1-3H3,(H,18,21)(H,22,23)/t11-,12+/m0/s1. The SMILES string of the molecule is Cn1cnc(-c2ccc(NC(=O)[C@@H]3[C@H](C(=O)O)C3(C)C)cc2)n1. The van der Waals surface area contributed by atoms with Crippen LogP contribution in [0, 0.1) is 17.3 Å². The van der Waals surface area contributed by atoms with Crippen molar-refractivity contribution in [3.8, 4) is 11.4 Å². The predicted molar refractivity (Wildman–Crippen MR) is 83.5 cm³/mol. The molecule has 7 heteroatoms. The van der Waals surface area contributed by atoms with Crippen molar-refractivity contribution < 1.29 is 14.7 Å². The maximum atomic E-state index is 12.3. The van der Waals surface area contributed by atoms with Crippen LogP contribution in [0.2, 0.25) is 0 Å². The quantitative estimate of drug-likeness (QED) is 0.896. The smallest absolute Gasteiger partial charge is 0.307 e. The van der Waals surface area contributed by atoms with Crippen LogP contribution in [0.25, 0.3) is 11.4 Å². The molecular weight excluding hydrogens is 296 g/mol. The second kappa shape index (κ2) is 5.19. The number of hydrogen-bond acceptors (Lipinski definition) is 4. The maximum absolute atomic E-state index is 12.3. The molecule has 7 nitrogen and oxygen atoms in total. The number of carbonyl (C=O) groups excluding carboxylic acids is 1. The van der Waals surface area contributed by atoms with Gasteiger partial charge in [-0.1, -0.05) is 13.8 Å². The molecule has 0 unspecified atom stereocenters. The summed E-state index contributed by atoms with van der Waals surface area (Å²) in [7, 11) is 1.79. The van der Waals surface area contributed by atoms with Gasteiger partial charge < -0.3 is 10.4 Å². The molecule has 1 aliphatic rings. The zero-order valence-corrected chi connectivity index (χ0v) is 13.1. The minimum atomic E-state index is -0.924. The van der Waals surface area contributed by atoms with E-state index in [9.17, 15) is 9.59 Å². The molecular formula is C16H18N4O3. The molecule has 2 atom stereocenters. The van der Waals surface area contributed by atoms with Crippen LogP contribution >= 0.6 is 0 Å². The number of carboxylic acid groups (broad SMARTS) is 1. The Balaban J connectivity index is 1.69. The molecule has 1 aliphatic carbocycles. The summed E-state index contributed by atoms with van der Waals surface area (Å²) < 4.78 is 1.62. The Kier molecular flexibility index (Phi) is 3.43. The van der Waals surface area contributed by atoms with E-state index in [2.05, 4.69) is 15.4 Å². The molecule has 3 rings (SSSR count). The highest BCUT2D eigenvalue weighted by Crippen LogP contribution is 2.58. The van der Waals surface area contributed by atoms with E-state index in [-0.39, 0.29) is 5.91 Å². The van der Waals surface area contributed by atoms with Gasteiger partial charge in [0.1, 0.15) is 6.33 Å². The first kappa shape index (κ1) is 15.2. The summed E-state index contributed by atoms with van der Waals surface area (Å²) >= 11 is 0. The average molecular weight is 314 g/mol. The molecule has 1 fully saturated rings. The molecule has 1 aromatic carbocycles. The normalized spacial score (nSPS) is 21.7. The number of anilines is 1. The van der Waals surface area contributed by atoms with E-state index in [0.29, 0.717) is 11.5 Å². The number of aliphatic carboxylic acids is 1. The number of hydrogen-bond donors (Lipinski definition) is 2. The highest BCUT2D eigenvalue weighted by Gasteiger charge is 2.65. The Hall–Kier alpha value is -2.70. The number of carboxylic acids is 1. The number of aryl methyl sites for hydroxylation is 1. The van der Waals surface area contributed by atoms with Gasteiger partial charge in [0.2, 0.25) is 5.91 Å². The first-order valence-corrected chi connectivity index (χ1v) is 7.30. The van der Waals surface area contributed by atoms with E-state index in [1.807, 2.05) is 12.1 Å². The van der Waals surface area contributed by atoms with E-state index in [4.69, 9.17) is 5.11 Å². The Morgan fingerprint density at radius 2 is 1.87 bits per heavy atom. The van der Waals surface area contributed by atoms with Crippen molar-refractivity contribution in [2.75, 3.05) is 5.32 Å². The Morgan fingerprint density at radius 1 is 1.22 bits per heavy atom. The third-order valence-corrected chi connectivity index (χ3v) is 4.39. The number of rotatable bonds is 4. The topological polar surface area (TPSA) is 97.1 Å². The van der Waals surface area contributed by atoms with E-state index >= 15 is 0 Å². The molecule has 0 radical (unpaired) electrons. The monoisotopic (exact) mass is 314 g/mol. The minimum absolute atomic E-state index is 0.258. The Morgan fingerprint density at radius 3 is 2.35 bits per heavy atom. The molecule has 0 bridgehead atoms. The van der Waals surface area contributed by atoms with Crippen LogP contribution in [-0.4, -0.2) is 31.7 Å². The summed E-state index contributed by atoms with van der Waals surface area (Å²) in [6.07, 6.45) is 1.62. The number of nitrogens with one attached hydrogen (secondary N) is 1. The highest BCUT2D eigenvalue weighted by atomic mass is 16.4. The maximum Gasteiger partial charge on any atom is 0.307 e. The van der Waals surface area contributed by atoms with Gasteiger partial charge in [-0.25, -0.2) is 4.98 Å². The van der Waals surface area contributed by atoms with Gasteiger partial charge in [-0.3, -0.25) is 14.3 Å². The van der Waals surface area contributed by atoms with Gasteiger partial charge in [0, 0.05) is 18.3 Å². The summed E-state index contributed by atoms with van der Waals surface area (Å²) in [6.45, 7) is 3.59. The highest BCUT2D eigenvalue weighted by molar-refractivity contribution is 5.99. The molecule has 1 heterocycles. The summed E-state index contributed by atoms with van der Waals surface area (Å²) in [5.41, 5.74) is 0.966. The second-order valence-electron chi connectivity index (χ2n) is 6.42. The van der Waals surface area contributed by atoms with Gasteiger partial charge in [0.15, 0.2) is 5.82 Å². The van der Waals surface area contributed by atoms with Gasteiger partial charge in [0.05, 0.1) is 11.8 Å². The number of aromatic nitrogens is 3. The molecule has 0 saturated heterocycles. The Bertz CT molecular complexity index is 764. The van der Waals surface area contributed by atoms with Crippen molar-refractivity contribution in [3.63, 3.8) is 0 Å².